The maximum absolute atomic E-state index is 15.2. The molecule has 5 heterocycles. The van der Waals surface area contributed by atoms with Gasteiger partial charge in [-0.2, -0.15) is 0 Å². The van der Waals surface area contributed by atoms with E-state index < -0.39 is 87.8 Å². The number of hydrogen-bond acceptors (Lipinski definition) is 18. The van der Waals surface area contributed by atoms with Gasteiger partial charge in [-0.05, 0) is 119 Å². The van der Waals surface area contributed by atoms with Crippen LogP contribution in [0.2, 0.25) is 0 Å². The van der Waals surface area contributed by atoms with Gasteiger partial charge in [0.1, 0.15) is 29.9 Å². The second-order valence-corrected chi connectivity index (χ2v) is 24.4. The summed E-state index contributed by atoms with van der Waals surface area (Å²) in [5.74, 6) is -2.59. The molecule has 1 aliphatic carbocycles. The van der Waals surface area contributed by atoms with Crippen LogP contribution in [0, 0.1) is 11.3 Å². The van der Waals surface area contributed by atoms with Crippen molar-refractivity contribution in [2.45, 2.75) is 170 Å². The van der Waals surface area contributed by atoms with Crippen LogP contribution in [0.25, 0.3) is 10.9 Å². The fourth-order valence-electron chi connectivity index (χ4n) is 15.3. The second-order valence-electron chi connectivity index (χ2n) is 24.4. The van der Waals surface area contributed by atoms with Gasteiger partial charge in [0.2, 0.25) is 5.91 Å². The van der Waals surface area contributed by atoms with Crippen LogP contribution in [0.1, 0.15) is 121 Å². The van der Waals surface area contributed by atoms with Crippen molar-refractivity contribution in [2.24, 2.45) is 11.3 Å². The van der Waals surface area contributed by atoms with E-state index in [1.54, 1.807) is 7.11 Å². The summed E-state index contributed by atoms with van der Waals surface area (Å²) in [6.07, 6.45) is 4.88. The van der Waals surface area contributed by atoms with Crippen molar-refractivity contribution in [3.63, 3.8) is 0 Å². The number of likely N-dealkylation sites (N-methyl/N-ethyl adjacent to an activating group) is 2. The number of nitrogens with one attached hydrogen (secondary N) is 3. The first-order valence-electron chi connectivity index (χ1n) is 30.1. The van der Waals surface area contributed by atoms with Crippen molar-refractivity contribution in [3.05, 3.63) is 70.9 Å². The number of esters is 3. The molecule has 12 atom stereocenters. The third kappa shape index (κ3) is 12.0. The highest BCUT2D eigenvalue weighted by Gasteiger charge is 2.78. The Hall–Kier alpha value is -5.65. The molecule has 1 spiro atoms. The van der Waals surface area contributed by atoms with Crippen molar-refractivity contribution >= 4 is 46.3 Å². The number of aromatic nitrogens is 1. The molecule has 1 saturated heterocycles. The first kappa shape index (κ1) is 64.4. The summed E-state index contributed by atoms with van der Waals surface area (Å²) >= 11 is 0. The summed E-state index contributed by atoms with van der Waals surface area (Å²) in [5.41, 5.74) is -1.71. The average Bonchev–Trinajstić information content (AvgIpc) is 1.46. The number of fused-ring (bicyclic) bond motifs is 4. The first-order valence-corrected chi connectivity index (χ1v) is 30.1. The lowest BCUT2D eigenvalue weighted by molar-refractivity contribution is -0.203. The molecule has 464 valence electrons. The van der Waals surface area contributed by atoms with E-state index in [0.29, 0.717) is 76.9 Å². The van der Waals surface area contributed by atoms with Gasteiger partial charge in [0.05, 0.1) is 45.2 Å². The molecule has 0 bridgehead atoms. The Morgan fingerprint density at radius 1 is 0.940 bits per heavy atom. The van der Waals surface area contributed by atoms with E-state index >= 15 is 9.59 Å². The van der Waals surface area contributed by atoms with Crippen molar-refractivity contribution in [3.8, 4) is 5.75 Å². The molecule has 21 heteroatoms. The van der Waals surface area contributed by atoms with Crippen LogP contribution in [0.5, 0.6) is 5.75 Å². The number of para-hydroxylation sites is 1. The number of ether oxygens (including phenoxy) is 6. The molecule has 2 amide bonds. The smallest absolute Gasteiger partial charge is 0.328 e. The number of rotatable bonds is 24. The molecule has 8 rings (SSSR count). The Morgan fingerprint density at radius 3 is 2.39 bits per heavy atom. The minimum absolute atomic E-state index is 0.0234. The van der Waals surface area contributed by atoms with E-state index in [0.717, 1.165) is 39.0 Å². The Labute approximate surface area is 494 Å². The van der Waals surface area contributed by atoms with Gasteiger partial charge < -0.3 is 74.3 Å². The first-order chi connectivity index (χ1) is 40.1. The molecule has 3 aromatic rings. The molecular formula is C63H92N6O15. The zero-order valence-electron chi connectivity index (χ0n) is 50.9. The van der Waals surface area contributed by atoms with E-state index in [9.17, 15) is 34.8 Å². The largest absolute Gasteiger partial charge is 0.496 e. The average molecular weight is 1170 g/mol. The summed E-state index contributed by atoms with van der Waals surface area (Å²) in [7, 11) is 8.30. The quantitative estimate of drug-likeness (QED) is 0.0219. The lowest BCUT2D eigenvalue weighted by Gasteiger charge is -2.63. The molecule has 7 N–H and O–H groups in total. The highest BCUT2D eigenvalue weighted by molar-refractivity contribution is 5.92. The number of aliphatic hydroxyl groups excluding tert-OH is 2. The molecule has 4 aliphatic heterocycles. The standard InChI is InChI=1S/C63H92N6O15/c1-11-42(36-70)84-51(80-9)37-83-50(72)22-16-21-49(71)65-40(5)53(73)82-30-18-26-64-57(75)63(78)55-62(25-29-69-27-17-24-60(13-3,54(62)69)56(63)74)45-31-41(48(79-8)32-47(45)68(55)7)35-61(58(76)81-10)34-39(4)33-59(77,12-2)38-67(6)28-23-44-43-19-14-15-20-46(43)66-52(44)61/h14-15,17,19-20,24,31-32,39-40,42,51,54-56,66,70,74,77-78H,11-13,16,18,21-23,25-30,33-38H2,1-10H3,(H,64,75)(H,65,71)/t39?,40-,42?,51?,54?,55?,56-,59?,60-,61+,62?,63+/m1/s1. The maximum atomic E-state index is 15.2. The number of β-amino-alcohol motifs (C(OH)–C–C–N with tert-alkyl or cyclic N) is 1. The Bertz CT molecular complexity index is 2880. The molecule has 2 aromatic carbocycles. The number of benzene rings is 2. The molecular weight excluding hydrogens is 1080 g/mol. The predicted octanol–water partition coefficient (Wildman–Crippen LogP) is 4.11. The molecule has 21 nitrogen and oxygen atoms in total. The van der Waals surface area contributed by atoms with Crippen molar-refractivity contribution in [2.75, 3.05) is 92.9 Å². The van der Waals surface area contributed by atoms with Crippen LogP contribution < -0.4 is 20.3 Å². The van der Waals surface area contributed by atoms with Crippen LogP contribution in [-0.2, 0) is 71.3 Å². The lowest BCUT2D eigenvalue weighted by Crippen LogP contribution is -2.81. The molecule has 5 aliphatic rings. The third-order valence-corrected chi connectivity index (χ3v) is 19.2. The van der Waals surface area contributed by atoms with Gasteiger partial charge in [0.25, 0.3) is 5.91 Å². The summed E-state index contributed by atoms with van der Waals surface area (Å²) in [6.45, 7) is 11.2. The molecule has 7 unspecified atom stereocenters. The summed E-state index contributed by atoms with van der Waals surface area (Å²) < 4.78 is 33.7. The monoisotopic (exact) mass is 1170 g/mol. The fourth-order valence-corrected chi connectivity index (χ4v) is 15.3. The van der Waals surface area contributed by atoms with Crippen LogP contribution >= 0.6 is 0 Å². The van der Waals surface area contributed by atoms with E-state index in [1.807, 2.05) is 76.2 Å². The van der Waals surface area contributed by atoms with Crippen molar-refractivity contribution < 1.29 is 72.8 Å². The number of amides is 2. The minimum atomic E-state index is -2.39. The molecule has 0 radical (unpaired) electrons. The van der Waals surface area contributed by atoms with E-state index in [-0.39, 0.29) is 70.4 Å². The van der Waals surface area contributed by atoms with E-state index in [1.165, 1.54) is 21.1 Å². The van der Waals surface area contributed by atoms with Crippen molar-refractivity contribution in [1.29, 1.82) is 0 Å². The molecule has 2 fully saturated rings. The third-order valence-electron chi connectivity index (χ3n) is 19.2. The predicted molar refractivity (Wildman–Crippen MR) is 314 cm³/mol. The zero-order chi connectivity index (χ0) is 60.9. The highest BCUT2D eigenvalue weighted by Crippen LogP contribution is 2.67. The SMILES string of the molecule is CCC(CO)OC(COC(=O)CCCC(=O)N[C@H](C)C(=O)OCCCNC(=O)[C@]1(O)C2N(C)c3cc(OC)c(C[C@@]4(C(=O)OC)CC(C)CC(O)(CC)CN(C)CCc5c4[nH]c4ccccc54)cc3C23CCN2CC=C[C@](CC)(C23)[C@H]1O)OC. The van der Waals surface area contributed by atoms with Gasteiger partial charge >= 0.3 is 17.9 Å². The molecule has 1 aromatic heterocycles. The van der Waals surface area contributed by atoms with Gasteiger partial charge in [0, 0.05) is 98.4 Å². The van der Waals surface area contributed by atoms with Gasteiger partial charge in [-0.1, -0.05) is 58.0 Å². The number of aliphatic hydroxyl groups is 4. The van der Waals surface area contributed by atoms with Gasteiger partial charge in [0.15, 0.2) is 11.9 Å². The van der Waals surface area contributed by atoms with Crippen LogP contribution in [0.4, 0.5) is 5.69 Å². The molecule has 1 saturated carbocycles. The van der Waals surface area contributed by atoms with Crippen molar-refractivity contribution in [1.82, 2.24) is 25.4 Å². The maximum Gasteiger partial charge on any atom is 0.328 e. The number of anilines is 1. The number of aromatic amines is 1. The van der Waals surface area contributed by atoms with Gasteiger partial charge in [-0.25, -0.2) is 4.79 Å². The highest BCUT2D eigenvalue weighted by atomic mass is 16.7. The number of carbonyl (C=O) groups is 5. The lowest BCUT2D eigenvalue weighted by atomic mass is 9.47. The number of carbonyl (C=O) groups excluding carboxylic acids is 5. The number of methoxy groups -OCH3 is 3. The molecule has 84 heavy (non-hydrogen) atoms. The van der Waals surface area contributed by atoms with Crippen LogP contribution in [0.3, 0.4) is 0 Å². The van der Waals surface area contributed by atoms with E-state index in [2.05, 4.69) is 44.5 Å². The normalized spacial score (nSPS) is 29.5. The Balaban J connectivity index is 1.03. The second kappa shape index (κ2) is 26.5. The summed E-state index contributed by atoms with van der Waals surface area (Å²) in [6, 6.07) is 9.82. The Kier molecular flexibility index (Phi) is 20.3. The van der Waals surface area contributed by atoms with E-state index in [4.69, 9.17) is 28.4 Å². The topological polar surface area (TPSA) is 271 Å². The Morgan fingerprint density at radius 2 is 1.70 bits per heavy atom. The zero-order valence-corrected chi connectivity index (χ0v) is 50.9. The van der Waals surface area contributed by atoms with Crippen LogP contribution in [-0.4, -0.2) is 201 Å². The summed E-state index contributed by atoms with van der Waals surface area (Å²) in [4.78, 5) is 78.7. The fraction of sp³-hybridized carbons (Fsp3) is 0.667. The number of nitrogens with zero attached hydrogens (tertiary/aromatic N) is 3. The van der Waals surface area contributed by atoms with Gasteiger partial charge in [-0.3, -0.25) is 24.1 Å². The van der Waals surface area contributed by atoms with Crippen LogP contribution in [0.15, 0.2) is 48.6 Å². The minimum Gasteiger partial charge on any atom is -0.496 e. The number of hydrogen-bond donors (Lipinski definition) is 7. The summed E-state index contributed by atoms with van der Waals surface area (Å²) in [5, 5.41) is 54.5. The number of H-pyrrole nitrogens is 1. The van der Waals surface area contributed by atoms with Gasteiger partial charge in [-0.15, -0.1) is 0 Å².